The molecule has 3 rings (SSSR count). The normalized spacial score (nSPS) is 14.9. The predicted octanol–water partition coefficient (Wildman–Crippen LogP) is 2.76. The van der Waals surface area contributed by atoms with Gasteiger partial charge in [-0.2, -0.15) is 4.31 Å². The summed E-state index contributed by atoms with van der Waals surface area (Å²) in [7, 11) is -3.77. The van der Waals surface area contributed by atoms with E-state index in [1.54, 1.807) is 38.1 Å². The van der Waals surface area contributed by atoms with Gasteiger partial charge in [0.15, 0.2) is 5.60 Å². The molecular weight excluding hydrogens is 534 g/mol. The van der Waals surface area contributed by atoms with E-state index in [9.17, 15) is 22.8 Å². The summed E-state index contributed by atoms with van der Waals surface area (Å²) in [4.78, 5) is 35.9. The van der Waals surface area contributed by atoms with E-state index in [0.717, 1.165) is 0 Å². The fraction of sp³-hybridized carbons (Fsp3) is 0.423. The van der Waals surface area contributed by atoms with Crippen molar-refractivity contribution >= 4 is 39.4 Å². The molecule has 2 amide bonds. The van der Waals surface area contributed by atoms with Crippen molar-refractivity contribution in [2.24, 2.45) is 0 Å². The third kappa shape index (κ3) is 7.92. The van der Waals surface area contributed by atoms with Gasteiger partial charge in [-0.15, -0.1) is 0 Å². The zero-order chi connectivity index (χ0) is 27.9. The molecule has 0 spiro atoms. The van der Waals surface area contributed by atoms with Gasteiger partial charge in [0.05, 0.1) is 17.0 Å². The minimum atomic E-state index is -3.77. The molecule has 2 aromatic carbocycles. The van der Waals surface area contributed by atoms with Crippen LogP contribution in [0.15, 0.2) is 53.4 Å². The number of hydrogen-bond donors (Lipinski definition) is 2. The number of hydrogen-bond acceptors (Lipinski definition) is 7. The molecule has 1 saturated heterocycles. The van der Waals surface area contributed by atoms with E-state index in [1.807, 2.05) is 0 Å². The highest BCUT2D eigenvalue weighted by Crippen LogP contribution is 2.24. The van der Waals surface area contributed by atoms with Gasteiger partial charge in [0.1, 0.15) is 12.4 Å². The quantitative estimate of drug-likeness (QED) is 0.334. The molecule has 0 bridgehead atoms. The van der Waals surface area contributed by atoms with Gasteiger partial charge < -0.3 is 20.1 Å². The fourth-order valence-electron chi connectivity index (χ4n) is 3.81. The Hall–Kier alpha value is -3.15. The molecule has 1 fully saturated rings. The molecule has 0 atom stereocenters. The number of amides is 2. The molecule has 1 aliphatic heterocycles. The molecular formula is C26H32ClN3O7S. The second kappa shape index (κ2) is 12.6. The lowest BCUT2D eigenvalue weighted by Gasteiger charge is -2.34. The molecule has 10 nitrogen and oxygen atoms in total. The van der Waals surface area contributed by atoms with Crippen LogP contribution in [0.4, 0.5) is 0 Å². The number of halogens is 1. The molecule has 0 aromatic heterocycles. The van der Waals surface area contributed by atoms with Gasteiger partial charge in [-0.3, -0.25) is 9.59 Å². The summed E-state index contributed by atoms with van der Waals surface area (Å²) in [6.07, 6.45) is 0.890. The van der Waals surface area contributed by atoms with Gasteiger partial charge in [-0.1, -0.05) is 11.6 Å². The Balaban J connectivity index is 1.51. The third-order valence-corrected chi connectivity index (χ3v) is 8.12. The lowest BCUT2D eigenvalue weighted by molar-refractivity contribution is -0.135. The number of ether oxygens (including phenoxy) is 2. The molecule has 0 radical (unpaired) electrons. The van der Waals surface area contributed by atoms with E-state index in [2.05, 4.69) is 10.6 Å². The summed E-state index contributed by atoms with van der Waals surface area (Å²) in [6.45, 7) is 5.36. The van der Waals surface area contributed by atoms with Gasteiger partial charge in [0.25, 0.3) is 5.91 Å². The highest BCUT2D eigenvalue weighted by atomic mass is 35.5. The van der Waals surface area contributed by atoms with Crippen LogP contribution in [-0.2, 0) is 24.3 Å². The van der Waals surface area contributed by atoms with E-state index in [0.29, 0.717) is 23.6 Å². The number of benzene rings is 2. The Labute approximate surface area is 227 Å². The molecule has 2 aromatic rings. The molecule has 0 unspecified atom stereocenters. The van der Waals surface area contributed by atoms with Crippen molar-refractivity contribution in [1.29, 1.82) is 0 Å². The standard InChI is InChI=1S/C26H32ClN3O7S/c1-18(31)28-14-17-36-24(32)19-4-10-23(11-5-19)38(34,35)30-15-12-21(13-16-30)29-25(33)26(2,3)37-22-8-6-20(27)7-9-22/h4-11,21H,12-17H2,1-3H3,(H,28,31)(H,29,33). The van der Waals surface area contributed by atoms with Crippen molar-refractivity contribution in [1.82, 2.24) is 14.9 Å². The summed E-state index contributed by atoms with van der Waals surface area (Å²) < 4.78 is 38.5. The number of carbonyl (C=O) groups is 3. The van der Waals surface area contributed by atoms with Crippen LogP contribution in [0.5, 0.6) is 5.75 Å². The van der Waals surface area contributed by atoms with Crippen LogP contribution in [0, 0.1) is 0 Å². The number of esters is 1. The van der Waals surface area contributed by atoms with Crippen molar-refractivity contribution < 1.29 is 32.3 Å². The molecule has 0 aliphatic carbocycles. The number of nitrogens with one attached hydrogen (secondary N) is 2. The van der Waals surface area contributed by atoms with Crippen LogP contribution in [0.1, 0.15) is 44.0 Å². The lowest BCUT2D eigenvalue weighted by atomic mass is 10.0. The van der Waals surface area contributed by atoms with Crippen LogP contribution < -0.4 is 15.4 Å². The summed E-state index contributed by atoms with van der Waals surface area (Å²) in [5.41, 5.74) is -0.930. The van der Waals surface area contributed by atoms with Gasteiger partial charge >= 0.3 is 5.97 Å². The van der Waals surface area contributed by atoms with Gasteiger partial charge in [0, 0.05) is 31.1 Å². The second-order valence-corrected chi connectivity index (χ2v) is 11.7. The monoisotopic (exact) mass is 565 g/mol. The molecule has 206 valence electrons. The average Bonchev–Trinajstić information content (AvgIpc) is 2.88. The topological polar surface area (TPSA) is 131 Å². The van der Waals surface area contributed by atoms with Crippen LogP contribution in [0.2, 0.25) is 5.02 Å². The first-order valence-corrected chi connectivity index (χ1v) is 14.0. The third-order valence-electron chi connectivity index (χ3n) is 5.96. The van der Waals surface area contributed by atoms with E-state index >= 15 is 0 Å². The summed E-state index contributed by atoms with van der Waals surface area (Å²) in [5, 5.41) is 6.04. The Kier molecular flexibility index (Phi) is 9.75. The Bertz CT molecular complexity index is 1240. The summed E-state index contributed by atoms with van der Waals surface area (Å²) >= 11 is 5.90. The minimum absolute atomic E-state index is 0.00831. The van der Waals surface area contributed by atoms with Gasteiger partial charge in [-0.05, 0) is 75.2 Å². The maximum atomic E-state index is 13.1. The van der Waals surface area contributed by atoms with E-state index in [-0.39, 0.29) is 54.6 Å². The van der Waals surface area contributed by atoms with Crippen molar-refractivity contribution in [2.75, 3.05) is 26.2 Å². The zero-order valence-corrected chi connectivity index (χ0v) is 23.1. The Morgan fingerprint density at radius 3 is 2.21 bits per heavy atom. The molecule has 1 heterocycles. The highest BCUT2D eigenvalue weighted by molar-refractivity contribution is 7.89. The van der Waals surface area contributed by atoms with Gasteiger partial charge in [0.2, 0.25) is 15.9 Å². The van der Waals surface area contributed by atoms with E-state index < -0.39 is 21.6 Å². The van der Waals surface area contributed by atoms with Crippen LogP contribution in [0.25, 0.3) is 0 Å². The molecule has 0 saturated carbocycles. The number of nitrogens with zero attached hydrogens (tertiary/aromatic N) is 1. The molecule has 1 aliphatic rings. The van der Waals surface area contributed by atoms with Gasteiger partial charge in [-0.25, -0.2) is 13.2 Å². The van der Waals surface area contributed by atoms with Crippen LogP contribution >= 0.6 is 11.6 Å². The van der Waals surface area contributed by atoms with Crippen molar-refractivity contribution in [3.8, 4) is 5.75 Å². The minimum Gasteiger partial charge on any atom is -0.478 e. The number of piperidine rings is 1. The zero-order valence-electron chi connectivity index (χ0n) is 21.5. The Morgan fingerprint density at radius 2 is 1.63 bits per heavy atom. The van der Waals surface area contributed by atoms with Crippen LogP contribution in [0.3, 0.4) is 0 Å². The lowest BCUT2D eigenvalue weighted by Crippen LogP contribution is -2.53. The number of sulfonamides is 1. The van der Waals surface area contributed by atoms with E-state index in [1.165, 1.54) is 35.5 Å². The van der Waals surface area contributed by atoms with Crippen LogP contribution in [-0.4, -0.2) is 68.4 Å². The first-order chi connectivity index (χ1) is 17.9. The first kappa shape index (κ1) is 29.4. The molecule has 38 heavy (non-hydrogen) atoms. The average molecular weight is 566 g/mol. The number of rotatable bonds is 10. The Morgan fingerprint density at radius 1 is 1.03 bits per heavy atom. The smallest absolute Gasteiger partial charge is 0.338 e. The van der Waals surface area contributed by atoms with Crippen molar-refractivity contribution in [3.63, 3.8) is 0 Å². The van der Waals surface area contributed by atoms with Crippen molar-refractivity contribution in [2.45, 2.75) is 50.2 Å². The maximum Gasteiger partial charge on any atom is 0.338 e. The number of carbonyl (C=O) groups excluding carboxylic acids is 3. The second-order valence-electron chi connectivity index (χ2n) is 9.36. The SMILES string of the molecule is CC(=O)NCCOC(=O)c1ccc(S(=O)(=O)N2CCC(NC(=O)C(C)(C)Oc3ccc(Cl)cc3)CC2)cc1. The largest absolute Gasteiger partial charge is 0.478 e. The highest BCUT2D eigenvalue weighted by Gasteiger charge is 2.34. The fourth-order valence-corrected chi connectivity index (χ4v) is 5.41. The predicted molar refractivity (Wildman–Crippen MR) is 141 cm³/mol. The molecule has 12 heteroatoms. The first-order valence-electron chi connectivity index (χ1n) is 12.2. The molecule has 2 N–H and O–H groups in total. The maximum absolute atomic E-state index is 13.1. The summed E-state index contributed by atoms with van der Waals surface area (Å²) in [5.74, 6) is -0.624. The van der Waals surface area contributed by atoms with E-state index in [4.69, 9.17) is 21.1 Å². The van der Waals surface area contributed by atoms with Crippen molar-refractivity contribution in [3.05, 3.63) is 59.1 Å². The summed E-state index contributed by atoms with van der Waals surface area (Å²) in [6, 6.07) is 12.0.